The van der Waals surface area contributed by atoms with Gasteiger partial charge in [0.2, 0.25) is 0 Å². The van der Waals surface area contributed by atoms with Crippen LogP contribution in [0.4, 0.5) is 0 Å². The Morgan fingerprint density at radius 2 is 1.92 bits per heavy atom. The van der Waals surface area contributed by atoms with Crippen LogP contribution in [0.25, 0.3) is 0 Å². The third kappa shape index (κ3) is 3.14. The second-order valence-electron chi connectivity index (χ2n) is 2.28. The first-order valence-corrected chi connectivity index (χ1v) is 3.31. The molecule has 0 aliphatic rings. The number of Topliss-reactive ketones (excluding diaryl/α,β-unsaturated/α-hetero) is 1. The van der Waals surface area contributed by atoms with Crippen molar-refractivity contribution in [2.75, 3.05) is 7.11 Å². The Labute approximate surface area is 69.3 Å². The van der Waals surface area contributed by atoms with Gasteiger partial charge in [0, 0.05) is 0 Å². The van der Waals surface area contributed by atoms with Crippen molar-refractivity contribution in [1.29, 1.82) is 0 Å². The van der Waals surface area contributed by atoms with Gasteiger partial charge in [0.1, 0.15) is 12.3 Å². The summed E-state index contributed by atoms with van der Waals surface area (Å²) in [6.07, 6.45) is -0.482. The molecule has 0 saturated carbocycles. The van der Waals surface area contributed by atoms with Crippen molar-refractivity contribution in [2.45, 2.75) is 13.3 Å². The van der Waals surface area contributed by atoms with Crippen LogP contribution >= 0.6 is 0 Å². The fraction of sp³-hybridized carbons (Fsp3) is 0.571. The molecule has 0 heterocycles. The quantitative estimate of drug-likeness (QED) is 0.473. The molecule has 0 amide bonds. The van der Waals surface area contributed by atoms with Crippen LogP contribution in [0.15, 0.2) is 0 Å². The largest absolute Gasteiger partial charge is 0.481 e. The van der Waals surface area contributed by atoms with E-state index in [9.17, 15) is 14.4 Å². The number of aliphatic carboxylic acids is 1. The summed E-state index contributed by atoms with van der Waals surface area (Å²) < 4.78 is 4.20. The molecule has 0 aliphatic heterocycles. The van der Waals surface area contributed by atoms with Crippen LogP contribution in [-0.2, 0) is 19.1 Å². The van der Waals surface area contributed by atoms with Crippen molar-refractivity contribution in [2.24, 2.45) is 5.92 Å². The van der Waals surface area contributed by atoms with Gasteiger partial charge in [0.15, 0.2) is 5.78 Å². The lowest BCUT2D eigenvalue weighted by atomic mass is 10.0. The standard InChI is InChI=1S/C7H10O5/c1-4(7(10)11)5(8)3-6(9)12-2/h4H,3H2,1-2H3,(H,10,11). The SMILES string of the molecule is COC(=O)CC(=O)C(C)C(=O)O. The highest BCUT2D eigenvalue weighted by molar-refractivity contribution is 6.05. The van der Waals surface area contributed by atoms with Crippen molar-refractivity contribution >= 4 is 17.7 Å². The number of carbonyl (C=O) groups is 3. The Kier molecular flexibility index (Phi) is 3.96. The van der Waals surface area contributed by atoms with E-state index in [0.29, 0.717) is 0 Å². The smallest absolute Gasteiger partial charge is 0.313 e. The Morgan fingerprint density at radius 3 is 2.25 bits per heavy atom. The zero-order chi connectivity index (χ0) is 9.72. The summed E-state index contributed by atoms with van der Waals surface area (Å²) in [4.78, 5) is 31.6. The van der Waals surface area contributed by atoms with Gasteiger partial charge in [-0.2, -0.15) is 0 Å². The number of carbonyl (C=O) groups excluding carboxylic acids is 2. The fourth-order valence-electron chi connectivity index (χ4n) is 0.505. The molecule has 0 aromatic carbocycles. The van der Waals surface area contributed by atoms with Gasteiger partial charge in [-0.1, -0.05) is 0 Å². The van der Waals surface area contributed by atoms with Crippen LogP contribution in [0.1, 0.15) is 13.3 Å². The maximum atomic E-state index is 10.9. The first kappa shape index (κ1) is 10.6. The highest BCUT2D eigenvalue weighted by Gasteiger charge is 2.22. The predicted octanol–water partition coefficient (Wildman–Crippen LogP) is -0.161. The van der Waals surface area contributed by atoms with Crippen molar-refractivity contribution in [3.63, 3.8) is 0 Å². The monoisotopic (exact) mass is 174 g/mol. The number of ketones is 1. The minimum Gasteiger partial charge on any atom is -0.481 e. The molecular formula is C7H10O5. The lowest BCUT2D eigenvalue weighted by Gasteiger charge is -2.02. The maximum absolute atomic E-state index is 10.9. The first-order valence-electron chi connectivity index (χ1n) is 3.31. The molecule has 1 unspecified atom stereocenters. The molecule has 5 nitrogen and oxygen atoms in total. The van der Waals surface area contributed by atoms with E-state index < -0.39 is 30.1 Å². The number of carboxylic acids is 1. The average Bonchev–Trinajstić information content (AvgIpc) is 2.02. The fourth-order valence-corrected chi connectivity index (χ4v) is 0.505. The van der Waals surface area contributed by atoms with E-state index in [1.807, 2.05) is 0 Å². The predicted molar refractivity (Wildman–Crippen MR) is 38.4 cm³/mol. The summed E-state index contributed by atoms with van der Waals surface area (Å²) >= 11 is 0. The summed E-state index contributed by atoms with van der Waals surface area (Å²) in [5.74, 6) is -3.74. The Morgan fingerprint density at radius 1 is 1.42 bits per heavy atom. The highest BCUT2D eigenvalue weighted by atomic mass is 16.5. The average molecular weight is 174 g/mol. The van der Waals surface area contributed by atoms with Crippen molar-refractivity contribution in [3.8, 4) is 0 Å². The number of carboxylic acid groups (broad SMARTS) is 1. The number of hydrogen-bond acceptors (Lipinski definition) is 4. The molecule has 1 N–H and O–H groups in total. The summed E-state index contributed by atoms with van der Waals surface area (Å²) in [5, 5.41) is 8.37. The van der Waals surface area contributed by atoms with Crippen molar-refractivity contribution < 1.29 is 24.2 Å². The molecule has 0 radical (unpaired) electrons. The van der Waals surface area contributed by atoms with Crippen LogP contribution in [0.5, 0.6) is 0 Å². The van der Waals surface area contributed by atoms with Gasteiger partial charge >= 0.3 is 11.9 Å². The van der Waals surface area contributed by atoms with Gasteiger partial charge < -0.3 is 9.84 Å². The molecular weight excluding hydrogens is 164 g/mol. The molecule has 0 aliphatic carbocycles. The molecule has 0 fully saturated rings. The number of esters is 1. The second-order valence-corrected chi connectivity index (χ2v) is 2.28. The van der Waals surface area contributed by atoms with Gasteiger partial charge in [-0.3, -0.25) is 14.4 Å². The van der Waals surface area contributed by atoms with Gasteiger partial charge in [-0.05, 0) is 6.92 Å². The molecule has 0 bridgehead atoms. The molecule has 0 rings (SSSR count). The van der Waals surface area contributed by atoms with Crippen molar-refractivity contribution in [3.05, 3.63) is 0 Å². The summed E-state index contributed by atoms with van der Waals surface area (Å²) in [7, 11) is 1.14. The molecule has 0 aromatic heterocycles. The molecule has 1 atom stereocenters. The van der Waals surface area contributed by atoms with E-state index in [-0.39, 0.29) is 0 Å². The minimum atomic E-state index is -1.23. The Balaban J connectivity index is 4.04. The molecule has 0 saturated heterocycles. The van der Waals surface area contributed by atoms with Crippen LogP contribution in [0.3, 0.4) is 0 Å². The van der Waals surface area contributed by atoms with Crippen LogP contribution in [0, 0.1) is 5.92 Å². The zero-order valence-electron chi connectivity index (χ0n) is 6.86. The van der Waals surface area contributed by atoms with E-state index in [0.717, 1.165) is 7.11 Å². The summed E-state index contributed by atoms with van der Waals surface area (Å²) in [6.45, 7) is 1.23. The Hall–Kier alpha value is -1.39. The number of rotatable bonds is 4. The number of ether oxygens (including phenoxy) is 1. The summed E-state index contributed by atoms with van der Waals surface area (Å²) in [6, 6.07) is 0. The molecule has 5 heteroatoms. The van der Waals surface area contributed by atoms with Gasteiger partial charge in [-0.25, -0.2) is 0 Å². The molecule has 0 spiro atoms. The van der Waals surface area contributed by atoms with E-state index in [4.69, 9.17) is 5.11 Å². The lowest BCUT2D eigenvalue weighted by molar-refractivity contribution is -0.148. The number of methoxy groups -OCH3 is 1. The third-order valence-corrected chi connectivity index (χ3v) is 1.40. The summed E-state index contributed by atoms with van der Waals surface area (Å²) in [5.41, 5.74) is 0. The molecule has 12 heavy (non-hydrogen) atoms. The second kappa shape index (κ2) is 4.48. The Bertz CT molecular complexity index is 208. The zero-order valence-corrected chi connectivity index (χ0v) is 6.86. The van der Waals surface area contributed by atoms with E-state index in [1.54, 1.807) is 0 Å². The normalized spacial score (nSPS) is 11.8. The van der Waals surface area contributed by atoms with Gasteiger partial charge in [0.25, 0.3) is 0 Å². The van der Waals surface area contributed by atoms with E-state index >= 15 is 0 Å². The van der Waals surface area contributed by atoms with Crippen LogP contribution in [-0.4, -0.2) is 29.9 Å². The first-order chi connectivity index (χ1) is 5.49. The van der Waals surface area contributed by atoms with Crippen LogP contribution in [0.2, 0.25) is 0 Å². The van der Waals surface area contributed by atoms with E-state index in [1.165, 1.54) is 6.92 Å². The highest BCUT2D eigenvalue weighted by Crippen LogP contribution is 2.01. The molecule has 68 valence electrons. The van der Waals surface area contributed by atoms with Crippen molar-refractivity contribution in [1.82, 2.24) is 0 Å². The van der Waals surface area contributed by atoms with Gasteiger partial charge in [0.05, 0.1) is 7.11 Å². The minimum absolute atomic E-state index is 0.482. The maximum Gasteiger partial charge on any atom is 0.313 e. The third-order valence-electron chi connectivity index (χ3n) is 1.40. The van der Waals surface area contributed by atoms with E-state index in [2.05, 4.69) is 4.74 Å². The number of hydrogen-bond donors (Lipinski definition) is 1. The van der Waals surface area contributed by atoms with Gasteiger partial charge in [-0.15, -0.1) is 0 Å². The topological polar surface area (TPSA) is 80.7 Å². The molecule has 0 aromatic rings. The van der Waals surface area contributed by atoms with Crippen LogP contribution < -0.4 is 0 Å². The lowest BCUT2D eigenvalue weighted by Crippen LogP contribution is -2.23.